The number of aromatic amines is 1. The number of carbonyl (C=O) groups excluding carboxylic acids is 2. The summed E-state index contributed by atoms with van der Waals surface area (Å²) in [5, 5.41) is 6.81. The van der Waals surface area contributed by atoms with Crippen LogP contribution in [0.4, 0.5) is 0 Å². The molecule has 0 radical (unpaired) electrons. The van der Waals surface area contributed by atoms with Crippen molar-refractivity contribution in [1.82, 2.24) is 15.6 Å². The number of hydrogen-bond acceptors (Lipinski definition) is 2. The standard InChI is InChI=1S/C19H27N3O2/c1-6-16-12(4)15-9-11(3)8-14(18(15)22-16)10-20-19(24)13(5)21-17(23)7-2/h8-9,13,22H,6-7,10H2,1-5H3,(H,20,24)(H,21,23)/t13-/m1/s1. The molecule has 2 amide bonds. The zero-order chi connectivity index (χ0) is 17.9. The lowest BCUT2D eigenvalue weighted by atomic mass is 10.0. The Kier molecular flexibility index (Phi) is 5.65. The van der Waals surface area contributed by atoms with Gasteiger partial charge >= 0.3 is 0 Å². The molecule has 0 saturated carbocycles. The minimum absolute atomic E-state index is 0.122. The number of carbonyl (C=O) groups is 2. The largest absolute Gasteiger partial charge is 0.358 e. The minimum atomic E-state index is -0.533. The first kappa shape index (κ1) is 18.0. The SMILES string of the molecule is CCC(=O)N[C@H](C)C(=O)NCc1cc(C)cc2c(C)c(CC)[nH]c12. The van der Waals surface area contributed by atoms with Gasteiger partial charge in [0, 0.05) is 24.0 Å². The Hall–Kier alpha value is -2.30. The van der Waals surface area contributed by atoms with Crippen LogP contribution in [0, 0.1) is 13.8 Å². The first-order valence-electron chi connectivity index (χ1n) is 8.55. The quantitative estimate of drug-likeness (QED) is 0.762. The summed E-state index contributed by atoms with van der Waals surface area (Å²) in [6.07, 6.45) is 1.32. The highest BCUT2D eigenvalue weighted by molar-refractivity contribution is 5.89. The monoisotopic (exact) mass is 329 g/mol. The van der Waals surface area contributed by atoms with Gasteiger partial charge in [-0.15, -0.1) is 0 Å². The van der Waals surface area contributed by atoms with Crippen molar-refractivity contribution in [3.8, 4) is 0 Å². The fourth-order valence-corrected chi connectivity index (χ4v) is 2.95. The molecular weight excluding hydrogens is 302 g/mol. The van der Waals surface area contributed by atoms with Crippen LogP contribution in [0.15, 0.2) is 12.1 Å². The number of rotatable bonds is 6. The summed E-state index contributed by atoms with van der Waals surface area (Å²) in [7, 11) is 0. The van der Waals surface area contributed by atoms with Gasteiger partial charge in [0.05, 0.1) is 5.52 Å². The maximum absolute atomic E-state index is 12.2. The van der Waals surface area contributed by atoms with E-state index in [0.29, 0.717) is 13.0 Å². The highest BCUT2D eigenvalue weighted by Crippen LogP contribution is 2.26. The van der Waals surface area contributed by atoms with E-state index in [9.17, 15) is 9.59 Å². The van der Waals surface area contributed by atoms with Crippen LogP contribution in [0.5, 0.6) is 0 Å². The van der Waals surface area contributed by atoms with Crippen LogP contribution in [0.3, 0.4) is 0 Å². The summed E-state index contributed by atoms with van der Waals surface area (Å²) < 4.78 is 0. The van der Waals surface area contributed by atoms with Gasteiger partial charge in [-0.3, -0.25) is 9.59 Å². The molecule has 3 N–H and O–H groups in total. The summed E-state index contributed by atoms with van der Waals surface area (Å²) in [4.78, 5) is 27.1. The van der Waals surface area contributed by atoms with E-state index in [2.05, 4.69) is 48.5 Å². The lowest BCUT2D eigenvalue weighted by molar-refractivity contribution is -0.128. The third kappa shape index (κ3) is 3.78. The number of aromatic nitrogens is 1. The van der Waals surface area contributed by atoms with Crippen molar-refractivity contribution in [2.45, 2.75) is 60.0 Å². The second kappa shape index (κ2) is 7.51. The molecule has 1 aromatic heterocycles. The Morgan fingerprint density at radius 2 is 1.92 bits per heavy atom. The van der Waals surface area contributed by atoms with Crippen molar-refractivity contribution in [1.29, 1.82) is 0 Å². The summed E-state index contributed by atoms with van der Waals surface area (Å²) in [6.45, 7) is 10.2. The van der Waals surface area contributed by atoms with E-state index in [0.717, 1.165) is 17.5 Å². The average Bonchev–Trinajstić information content (AvgIpc) is 2.88. The predicted octanol–water partition coefficient (Wildman–Crippen LogP) is 2.88. The van der Waals surface area contributed by atoms with Crippen molar-refractivity contribution in [3.63, 3.8) is 0 Å². The fourth-order valence-electron chi connectivity index (χ4n) is 2.95. The van der Waals surface area contributed by atoms with Crippen LogP contribution in [0.2, 0.25) is 0 Å². The van der Waals surface area contributed by atoms with Crippen molar-refractivity contribution < 1.29 is 9.59 Å². The van der Waals surface area contributed by atoms with Crippen LogP contribution in [0.1, 0.15) is 49.6 Å². The van der Waals surface area contributed by atoms with Crippen LogP contribution in [-0.2, 0) is 22.6 Å². The highest BCUT2D eigenvalue weighted by atomic mass is 16.2. The number of amides is 2. The molecule has 0 aliphatic heterocycles. The second-order valence-corrected chi connectivity index (χ2v) is 6.29. The lowest BCUT2D eigenvalue weighted by Gasteiger charge is -2.14. The van der Waals surface area contributed by atoms with E-state index < -0.39 is 6.04 Å². The molecule has 1 heterocycles. The molecule has 5 heteroatoms. The first-order valence-corrected chi connectivity index (χ1v) is 8.55. The van der Waals surface area contributed by atoms with E-state index in [1.807, 2.05) is 0 Å². The van der Waals surface area contributed by atoms with Crippen molar-refractivity contribution in [3.05, 3.63) is 34.5 Å². The van der Waals surface area contributed by atoms with Gasteiger partial charge in [0.2, 0.25) is 11.8 Å². The number of hydrogen-bond donors (Lipinski definition) is 3. The minimum Gasteiger partial charge on any atom is -0.358 e. The molecule has 0 bridgehead atoms. The third-order valence-corrected chi connectivity index (χ3v) is 4.40. The summed E-state index contributed by atoms with van der Waals surface area (Å²) in [6, 6.07) is 3.73. The van der Waals surface area contributed by atoms with Crippen LogP contribution in [-0.4, -0.2) is 22.8 Å². The Labute approximate surface area is 143 Å². The molecule has 1 aromatic carbocycles. The molecule has 0 spiro atoms. The molecule has 1 atom stereocenters. The Balaban J connectivity index is 2.18. The Morgan fingerprint density at radius 3 is 2.54 bits per heavy atom. The van der Waals surface area contributed by atoms with E-state index in [1.54, 1.807) is 13.8 Å². The van der Waals surface area contributed by atoms with Gasteiger partial charge in [-0.1, -0.05) is 25.5 Å². The maximum Gasteiger partial charge on any atom is 0.242 e. The van der Waals surface area contributed by atoms with E-state index in [-0.39, 0.29) is 11.8 Å². The average molecular weight is 329 g/mol. The van der Waals surface area contributed by atoms with Crippen LogP contribution < -0.4 is 10.6 Å². The van der Waals surface area contributed by atoms with Gasteiger partial charge in [-0.05, 0) is 44.4 Å². The number of aryl methyl sites for hydroxylation is 3. The Bertz CT molecular complexity index is 762. The number of fused-ring (bicyclic) bond motifs is 1. The molecule has 0 aliphatic rings. The molecule has 24 heavy (non-hydrogen) atoms. The summed E-state index contributed by atoms with van der Waals surface area (Å²) in [5.74, 6) is -0.298. The van der Waals surface area contributed by atoms with Gasteiger partial charge < -0.3 is 15.6 Å². The van der Waals surface area contributed by atoms with Gasteiger partial charge in [-0.25, -0.2) is 0 Å². The normalized spacial score (nSPS) is 12.2. The summed E-state index contributed by atoms with van der Waals surface area (Å²) in [5.41, 5.74) is 5.82. The predicted molar refractivity (Wildman–Crippen MR) is 96.9 cm³/mol. The van der Waals surface area contributed by atoms with Gasteiger partial charge in [0.15, 0.2) is 0 Å². The third-order valence-electron chi connectivity index (χ3n) is 4.40. The molecule has 2 rings (SSSR count). The van der Waals surface area contributed by atoms with E-state index in [4.69, 9.17) is 0 Å². The summed E-state index contributed by atoms with van der Waals surface area (Å²) >= 11 is 0. The zero-order valence-corrected chi connectivity index (χ0v) is 15.2. The first-order chi connectivity index (χ1) is 11.4. The number of nitrogens with one attached hydrogen (secondary N) is 3. The molecule has 0 saturated heterocycles. The smallest absolute Gasteiger partial charge is 0.242 e. The van der Waals surface area contributed by atoms with Gasteiger partial charge in [0.1, 0.15) is 6.04 Å². The molecular formula is C19H27N3O2. The molecule has 2 aromatic rings. The Morgan fingerprint density at radius 1 is 1.21 bits per heavy atom. The van der Waals surface area contributed by atoms with Crippen LogP contribution in [0.25, 0.3) is 10.9 Å². The molecule has 0 unspecified atom stereocenters. The van der Waals surface area contributed by atoms with Crippen molar-refractivity contribution in [2.24, 2.45) is 0 Å². The topological polar surface area (TPSA) is 74.0 Å². The van der Waals surface area contributed by atoms with E-state index in [1.165, 1.54) is 22.2 Å². The van der Waals surface area contributed by atoms with Crippen molar-refractivity contribution >= 4 is 22.7 Å². The molecule has 130 valence electrons. The molecule has 0 aliphatic carbocycles. The fraction of sp³-hybridized carbons (Fsp3) is 0.474. The van der Waals surface area contributed by atoms with E-state index >= 15 is 0 Å². The van der Waals surface area contributed by atoms with Gasteiger partial charge in [-0.2, -0.15) is 0 Å². The number of H-pyrrole nitrogens is 1. The van der Waals surface area contributed by atoms with Crippen molar-refractivity contribution in [2.75, 3.05) is 0 Å². The lowest BCUT2D eigenvalue weighted by Crippen LogP contribution is -2.44. The number of benzene rings is 1. The zero-order valence-electron chi connectivity index (χ0n) is 15.2. The molecule has 5 nitrogen and oxygen atoms in total. The van der Waals surface area contributed by atoms with Crippen LogP contribution >= 0.6 is 0 Å². The highest BCUT2D eigenvalue weighted by Gasteiger charge is 2.16. The second-order valence-electron chi connectivity index (χ2n) is 6.29. The maximum atomic E-state index is 12.2. The van der Waals surface area contributed by atoms with Gasteiger partial charge in [0.25, 0.3) is 0 Å². The molecule has 0 fully saturated rings.